The van der Waals surface area contributed by atoms with Crippen molar-refractivity contribution in [2.45, 2.75) is 24.7 Å². The van der Waals surface area contributed by atoms with E-state index in [9.17, 15) is 0 Å². The number of rotatable bonds is 8. The third-order valence-corrected chi connectivity index (χ3v) is 15.8. The Bertz CT molecular complexity index is 3830. The summed E-state index contributed by atoms with van der Waals surface area (Å²) in [5, 5.41) is 0. The molecule has 0 saturated carbocycles. The highest BCUT2D eigenvalue weighted by molar-refractivity contribution is 6.03. The Kier molecular flexibility index (Phi) is 9.50. The zero-order valence-electron chi connectivity index (χ0n) is 40.3. The van der Waals surface area contributed by atoms with Crippen molar-refractivity contribution in [2.75, 3.05) is 9.80 Å². The third-order valence-electron chi connectivity index (χ3n) is 15.8. The summed E-state index contributed by atoms with van der Waals surface area (Å²) in [5.74, 6) is 0. The number of benzene rings is 11. The molecule has 0 aliphatic heterocycles. The zero-order chi connectivity index (χ0) is 48.0. The molecule has 0 aromatic heterocycles. The molecule has 11 aromatic rings. The zero-order valence-corrected chi connectivity index (χ0v) is 40.3. The van der Waals surface area contributed by atoms with Gasteiger partial charge in [-0.1, -0.05) is 208 Å². The molecule has 3 aliphatic carbocycles. The average Bonchev–Trinajstić information content (AvgIpc) is 3.99. The number of para-hydroxylation sites is 3. The molecular formula is C70H50N2. The average molecular weight is 919 g/mol. The van der Waals surface area contributed by atoms with Gasteiger partial charge in [0.2, 0.25) is 0 Å². The van der Waals surface area contributed by atoms with Crippen molar-refractivity contribution in [2.24, 2.45) is 0 Å². The highest BCUT2D eigenvalue weighted by Crippen LogP contribution is 2.66. The molecule has 2 heteroatoms. The number of nitrogens with zero attached hydrogens (tertiary/aromatic N) is 2. The van der Waals surface area contributed by atoms with E-state index in [0.717, 1.165) is 34.1 Å². The molecule has 72 heavy (non-hydrogen) atoms. The minimum Gasteiger partial charge on any atom is -0.310 e. The van der Waals surface area contributed by atoms with E-state index in [4.69, 9.17) is 0 Å². The Hall–Kier alpha value is -8.98. The lowest BCUT2D eigenvalue weighted by Crippen LogP contribution is -2.27. The Morgan fingerprint density at radius 2 is 0.583 bits per heavy atom. The summed E-state index contributed by atoms with van der Waals surface area (Å²) < 4.78 is 0. The van der Waals surface area contributed by atoms with E-state index in [1.807, 2.05) is 0 Å². The van der Waals surface area contributed by atoms with E-state index in [1.165, 1.54) is 89.0 Å². The summed E-state index contributed by atoms with van der Waals surface area (Å²) in [4.78, 5) is 4.98. The lowest BCUT2D eigenvalue weighted by atomic mass is 9.70. The first-order valence-corrected chi connectivity index (χ1v) is 25.2. The van der Waals surface area contributed by atoms with Gasteiger partial charge >= 0.3 is 0 Å². The molecule has 11 aromatic carbocycles. The topological polar surface area (TPSA) is 6.48 Å². The first-order chi connectivity index (χ1) is 35.5. The number of anilines is 6. The second-order valence-corrected chi connectivity index (χ2v) is 20.0. The Morgan fingerprint density at radius 3 is 1.03 bits per heavy atom. The first-order valence-electron chi connectivity index (χ1n) is 25.2. The molecule has 2 nitrogen and oxygen atoms in total. The van der Waals surface area contributed by atoms with Crippen molar-refractivity contribution in [3.05, 3.63) is 300 Å². The molecule has 0 radical (unpaired) electrons. The molecule has 1 unspecified atom stereocenters. The van der Waals surface area contributed by atoms with Gasteiger partial charge in [-0.2, -0.15) is 0 Å². The van der Waals surface area contributed by atoms with Gasteiger partial charge < -0.3 is 9.80 Å². The van der Waals surface area contributed by atoms with Crippen LogP contribution in [0.25, 0.3) is 55.6 Å². The van der Waals surface area contributed by atoms with Crippen LogP contribution in [0.15, 0.2) is 267 Å². The van der Waals surface area contributed by atoms with Gasteiger partial charge in [0, 0.05) is 39.3 Å². The molecule has 1 spiro atoms. The van der Waals surface area contributed by atoms with Crippen LogP contribution in [0.4, 0.5) is 34.1 Å². The third kappa shape index (κ3) is 6.15. The minimum atomic E-state index is -0.658. The van der Waals surface area contributed by atoms with Crippen LogP contribution >= 0.6 is 0 Å². The van der Waals surface area contributed by atoms with Gasteiger partial charge in [0.15, 0.2) is 0 Å². The minimum absolute atomic E-state index is 0.169. The van der Waals surface area contributed by atoms with Crippen molar-refractivity contribution in [1.82, 2.24) is 0 Å². The Labute approximate surface area is 422 Å². The van der Waals surface area contributed by atoms with Crippen LogP contribution in [-0.2, 0) is 10.8 Å². The summed E-state index contributed by atoms with van der Waals surface area (Å²) in [6.45, 7) is 4.76. The van der Waals surface area contributed by atoms with Crippen molar-refractivity contribution in [1.29, 1.82) is 0 Å². The first kappa shape index (κ1) is 41.9. The SMILES string of the molecule is CC1(C)c2ccccc2-c2ccc(N(c3ccccc3)c3cc4c(cc3-c3ccccc3)-c3ccccc3C43c4ccccc4-c4cc(-c5ccccc5)c(N(c5ccccc5)c5ccccc5)cc43)cc21. The van der Waals surface area contributed by atoms with Crippen molar-refractivity contribution < 1.29 is 0 Å². The molecule has 0 N–H and O–H groups in total. The highest BCUT2D eigenvalue weighted by atomic mass is 15.2. The second-order valence-electron chi connectivity index (χ2n) is 20.0. The largest absolute Gasteiger partial charge is 0.310 e. The molecule has 0 heterocycles. The number of fused-ring (bicyclic) bond motifs is 13. The van der Waals surface area contributed by atoms with Gasteiger partial charge in [-0.25, -0.2) is 0 Å². The van der Waals surface area contributed by atoms with Crippen LogP contribution in [0.2, 0.25) is 0 Å². The van der Waals surface area contributed by atoms with Gasteiger partial charge in [-0.3, -0.25) is 0 Å². The van der Waals surface area contributed by atoms with Gasteiger partial charge in [-0.15, -0.1) is 0 Å². The maximum Gasteiger partial charge on any atom is 0.0727 e. The van der Waals surface area contributed by atoms with E-state index < -0.39 is 5.41 Å². The van der Waals surface area contributed by atoms with E-state index in [-0.39, 0.29) is 5.41 Å². The lowest BCUT2D eigenvalue weighted by molar-refractivity contribution is 0.660. The standard InChI is InChI=1S/C70H50N2/c1-69(2)61-37-21-18-34-53(61)56-41-40-52(42-64(56)69)72(51-32-16-7-17-33-51)68-46-66-60(44-58(68)48-26-10-4-11-27-48)55-36-20-23-39-63(55)70(66)62-38-22-19-35-54(62)59-43-57(47-24-8-3-9-25-47)67(45-65(59)70)71(49-28-12-5-13-29-49)50-30-14-6-15-31-50/h3-46H,1-2H3. The second kappa shape index (κ2) is 16.3. The molecule has 0 saturated heterocycles. The Balaban J connectivity index is 1.09. The summed E-state index contributed by atoms with van der Waals surface area (Å²) in [6, 6.07) is 99.3. The van der Waals surface area contributed by atoms with Crippen LogP contribution in [0.5, 0.6) is 0 Å². The molecule has 0 fully saturated rings. The molecule has 340 valence electrons. The molecule has 14 rings (SSSR count). The van der Waals surface area contributed by atoms with Gasteiger partial charge in [0.1, 0.15) is 0 Å². The highest BCUT2D eigenvalue weighted by Gasteiger charge is 2.53. The van der Waals surface area contributed by atoms with Crippen molar-refractivity contribution in [3.8, 4) is 55.6 Å². The molecule has 3 aliphatic rings. The van der Waals surface area contributed by atoms with Crippen LogP contribution < -0.4 is 9.80 Å². The van der Waals surface area contributed by atoms with Crippen molar-refractivity contribution in [3.63, 3.8) is 0 Å². The van der Waals surface area contributed by atoms with Crippen LogP contribution in [0.1, 0.15) is 47.2 Å². The fourth-order valence-electron chi connectivity index (χ4n) is 12.7. The summed E-state index contributed by atoms with van der Waals surface area (Å²) in [7, 11) is 0. The van der Waals surface area contributed by atoms with E-state index >= 15 is 0 Å². The monoisotopic (exact) mass is 918 g/mol. The van der Waals surface area contributed by atoms with E-state index in [1.54, 1.807) is 0 Å². The molecule has 0 amide bonds. The molecule has 1 atom stereocenters. The summed E-state index contributed by atoms with van der Waals surface area (Å²) in [6.07, 6.45) is 0. The predicted octanol–water partition coefficient (Wildman–Crippen LogP) is 18.6. The van der Waals surface area contributed by atoms with E-state index in [0.29, 0.717) is 0 Å². The predicted molar refractivity (Wildman–Crippen MR) is 301 cm³/mol. The van der Waals surface area contributed by atoms with Gasteiger partial charge in [-0.05, 0) is 151 Å². The van der Waals surface area contributed by atoms with Gasteiger partial charge in [0.05, 0.1) is 16.8 Å². The fraction of sp³-hybridized carbons (Fsp3) is 0.0571. The number of hydrogen-bond acceptors (Lipinski definition) is 2. The van der Waals surface area contributed by atoms with Gasteiger partial charge in [0.25, 0.3) is 0 Å². The lowest BCUT2D eigenvalue weighted by Gasteiger charge is -2.35. The summed E-state index contributed by atoms with van der Waals surface area (Å²) in [5.41, 5.74) is 26.1. The summed E-state index contributed by atoms with van der Waals surface area (Å²) >= 11 is 0. The Morgan fingerprint density at radius 1 is 0.236 bits per heavy atom. The molecular weight excluding hydrogens is 869 g/mol. The van der Waals surface area contributed by atoms with E-state index in [2.05, 4.69) is 291 Å². The smallest absolute Gasteiger partial charge is 0.0727 e. The van der Waals surface area contributed by atoms with Crippen LogP contribution in [0.3, 0.4) is 0 Å². The molecule has 0 bridgehead atoms. The maximum atomic E-state index is 2.57. The number of hydrogen-bond donors (Lipinski definition) is 0. The fourth-order valence-corrected chi connectivity index (χ4v) is 12.7. The maximum absolute atomic E-state index is 2.57. The van der Waals surface area contributed by atoms with Crippen molar-refractivity contribution >= 4 is 34.1 Å². The quantitative estimate of drug-likeness (QED) is 0.150. The van der Waals surface area contributed by atoms with Crippen LogP contribution in [-0.4, -0.2) is 0 Å². The van der Waals surface area contributed by atoms with Crippen LogP contribution in [0, 0.1) is 0 Å². The normalized spacial score (nSPS) is 15.0.